The summed E-state index contributed by atoms with van der Waals surface area (Å²) in [7, 11) is 0. The first kappa shape index (κ1) is 14.3. The largest absolute Gasteiger partial charge is 0.383 e. The van der Waals surface area contributed by atoms with Gasteiger partial charge in [-0.3, -0.25) is 0 Å². The molecule has 0 amide bonds. The number of benzene rings is 1. The highest BCUT2D eigenvalue weighted by Gasteiger charge is 2.40. The molecule has 112 valence electrons. The number of aliphatic hydroxyl groups is 1. The summed E-state index contributed by atoms with van der Waals surface area (Å²) < 4.78 is 7.62. The van der Waals surface area contributed by atoms with Gasteiger partial charge in [-0.15, -0.1) is 0 Å². The zero-order valence-electron chi connectivity index (χ0n) is 12.6. The molecule has 1 saturated heterocycles. The van der Waals surface area contributed by atoms with E-state index in [2.05, 4.69) is 18.9 Å². The van der Waals surface area contributed by atoms with E-state index in [0.717, 1.165) is 11.4 Å². The number of hydrogen-bond acceptors (Lipinski definition) is 3. The van der Waals surface area contributed by atoms with Gasteiger partial charge in [0.05, 0.1) is 24.1 Å². The van der Waals surface area contributed by atoms with E-state index in [-0.39, 0.29) is 6.10 Å². The van der Waals surface area contributed by atoms with Crippen LogP contribution in [0.1, 0.15) is 32.4 Å². The molecular formula is C17H22N2O2. The van der Waals surface area contributed by atoms with Crippen LogP contribution >= 0.6 is 0 Å². The van der Waals surface area contributed by atoms with Gasteiger partial charge in [0.15, 0.2) is 0 Å². The summed E-state index contributed by atoms with van der Waals surface area (Å²) in [6.45, 7) is 4.84. The van der Waals surface area contributed by atoms with E-state index < -0.39 is 5.60 Å². The third-order valence-electron chi connectivity index (χ3n) is 4.25. The Morgan fingerprint density at radius 2 is 2.05 bits per heavy atom. The van der Waals surface area contributed by atoms with E-state index in [1.807, 2.05) is 41.1 Å². The van der Waals surface area contributed by atoms with Gasteiger partial charge < -0.3 is 9.84 Å². The molecule has 21 heavy (non-hydrogen) atoms. The molecule has 4 heteroatoms. The highest BCUT2D eigenvalue weighted by atomic mass is 16.5. The molecule has 4 nitrogen and oxygen atoms in total. The van der Waals surface area contributed by atoms with Crippen LogP contribution in [0.5, 0.6) is 0 Å². The lowest BCUT2D eigenvalue weighted by Crippen LogP contribution is -2.42. The normalized spacial score (nSPS) is 26.2. The van der Waals surface area contributed by atoms with E-state index >= 15 is 0 Å². The molecule has 0 saturated carbocycles. The first-order chi connectivity index (χ1) is 10.1. The van der Waals surface area contributed by atoms with Crippen LogP contribution in [0.3, 0.4) is 0 Å². The van der Waals surface area contributed by atoms with Crippen molar-refractivity contribution in [3.63, 3.8) is 0 Å². The van der Waals surface area contributed by atoms with Crippen molar-refractivity contribution in [1.29, 1.82) is 0 Å². The predicted molar refractivity (Wildman–Crippen MR) is 81.3 cm³/mol. The lowest BCUT2D eigenvalue weighted by atomic mass is 9.84. The minimum absolute atomic E-state index is 0.0860. The van der Waals surface area contributed by atoms with Gasteiger partial charge in [-0.1, -0.05) is 32.0 Å². The molecule has 1 aliphatic rings. The molecular weight excluding hydrogens is 264 g/mol. The van der Waals surface area contributed by atoms with Crippen LogP contribution in [0.2, 0.25) is 0 Å². The third kappa shape index (κ3) is 2.74. The van der Waals surface area contributed by atoms with Crippen LogP contribution < -0.4 is 0 Å². The van der Waals surface area contributed by atoms with Gasteiger partial charge >= 0.3 is 0 Å². The molecule has 1 aliphatic heterocycles. The molecule has 0 bridgehead atoms. The lowest BCUT2D eigenvalue weighted by Gasteiger charge is -2.38. The summed E-state index contributed by atoms with van der Waals surface area (Å²) in [4.78, 5) is 0. The summed E-state index contributed by atoms with van der Waals surface area (Å²) in [6, 6.07) is 11.8. The van der Waals surface area contributed by atoms with Gasteiger partial charge in [-0.05, 0) is 24.1 Å². The number of para-hydroxylation sites is 1. The van der Waals surface area contributed by atoms with Crippen LogP contribution in [-0.4, -0.2) is 27.6 Å². The Labute approximate surface area is 125 Å². The molecule has 2 atom stereocenters. The molecule has 1 N–H and O–H groups in total. The molecule has 2 heterocycles. The number of aromatic nitrogens is 2. The van der Waals surface area contributed by atoms with Crippen LogP contribution in [0.4, 0.5) is 0 Å². The van der Waals surface area contributed by atoms with Crippen LogP contribution in [0.25, 0.3) is 5.69 Å². The molecule has 0 aliphatic carbocycles. The maximum atomic E-state index is 11.2. The highest BCUT2D eigenvalue weighted by Crippen LogP contribution is 2.37. The van der Waals surface area contributed by atoms with Gasteiger partial charge in [-0.2, -0.15) is 5.10 Å². The molecule has 2 unspecified atom stereocenters. The van der Waals surface area contributed by atoms with Crippen molar-refractivity contribution in [1.82, 2.24) is 9.78 Å². The van der Waals surface area contributed by atoms with E-state index in [1.165, 1.54) is 0 Å². The second-order valence-corrected chi connectivity index (χ2v) is 6.10. The molecule has 0 radical (unpaired) electrons. The van der Waals surface area contributed by atoms with Gasteiger partial charge in [0.1, 0.15) is 5.60 Å². The standard InChI is InChI=1S/C17H22N2O2/c1-13(2)15-12-17(20,9-11-21-15)16-8-10-18-19(16)14-6-4-3-5-7-14/h3-8,10,13,15,20H,9,11-12H2,1-2H3. The first-order valence-corrected chi connectivity index (χ1v) is 7.54. The van der Waals surface area contributed by atoms with Crippen LogP contribution in [0, 0.1) is 5.92 Å². The summed E-state index contributed by atoms with van der Waals surface area (Å²) in [5.41, 5.74) is 0.945. The Balaban J connectivity index is 1.95. The van der Waals surface area contributed by atoms with Crippen molar-refractivity contribution in [2.24, 2.45) is 5.92 Å². The predicted octanol–water partition coefficient (Wildman–Crippen LogP) is 2.89. The lowest BCUT2D eigenvalue weighted by molar-refractivity contribution is -0.124. The number of ether oxygens (including phenoxy) is 1. The van der Waals surface area contributed by atoms with Crippen molar-refractivity contribution in [2.45, 2.75) is 38.4 Å². The quantitative estimate of drug-likeness (QED) is 0.943. The zero-order valence-corrected chi connectivity index (χ0v) is 12.6. The fourth-order valence-electron chi connectivity index (χ4n) is 2.96. The van der Waals surface area contributed by atoms with Crippen molar-refractivity contribution in [3.05, 3.63) is 48.3 Å². The van der Waals surface area contributed by atoms with E-state index in [0.29, 0.717) is 25.4 Å². The summed E-state index contributed by atoms with van der Waals surface area (Å²) >= 11 is 0. The average molecular weight is 286 g/mol. The Morgan fingerprint density at radius 3 is 2.76 bits per heavy atom. The van der Waals surface area contributed by atoms with Crippen molar-refractivity contribution in [2.75, 3.05) is 6.61 Å². The molecule has 1 aromatic carbocycles. The number of nitrogens with zero attached hydrogens (tertiary/aromatic N) is 2. The molecule has 3 rings (SSSR count). The number of hydrogen-bond donors (Lipinski definition) is 1. The van der Waals surface area contributed by atoms with Gasteiger partial charge in [0, 0.05) is 19.0 Å². The van der Waals surface area contributed by atoms with Crippen molar-refractivity contribution in [3.8, 4) is 5.69 Å². The summed E-state index contributed by atoms with van der Waals surface area (Å²) in [5, 5.41) is 15.5. The zero-order chi connectivity index (χ0) is 14.9. The fourth-order valence-corrected chi connectivity index (χ4v) is 2.96. The second-order valence-electron chi connectivity index (χ2n) is 6.10. The maximum absolute atomic E-state index is 11.2. The first-order valence-electron chi connectivity index (χ1n) is 7.54. The van der Waals surface area contributed by atoms with E-state index in [1.54, 1.807) is 6.20 Å². The Hall–Kier alpha value is -1.65. The van der Waals surface area contributed by atoms with Crippen LogP contribution in [0.15, 0.2) is 42.6 Å². The maximum Gasteiger partial charge on any atom is 0.111 e. The minimum atomic E-state index is -0.875. The molecule has 0 spiro atoms. The Kier molecular flexibility index (Phi) is 3.83. The van der Waals surface area contributed by atoms with E-state index in [4.69, 9.17) is 4.74 Å². The van der Waals surface area contributed by atoms with Crippen molar-refractivity contribution < 1.29 is 9.84 Å². The molecule has 1 aromatic heterocycles. The average Bonchev–Trinajstić information content (AvgIpc) is 2.98. The summed E-state index contributed by atoms with van der Waals surface area (Å²) in [5.74, 6) is 0.393. The monoisotopic (exact) mass is 286 g/mol. The Morgan fingerprint density at radius 1 is 1.29 bits per heavy atom. The Bertz CT molecular complexity index is 594. The number of rotatable bonds is 3. The van der Waals surface area contributed by atoms with E-state index in [9.17, 15) is 5.11 Å². The highest BCUT2D eigenvalue weighted by molar-refractivity contribution is 5.34. The third-order valence-corrected chi connectivity index (χ3v) is 4.25. The SMILES string of the molecule is CC(C)C1CC(O)(c2ccnn2-c2ccccc2)CCO1. The van der Waals surface area contributed by atoms with Crippen molar-refractivity contribution >= 4 is 0 Å². The molecule has 1 fully saturated rings. The second kappa shape index (κ2) is 5.62. The van der Waals surface area contributed by atoms with Gasteiger partial charge in [0.25, 0.3) is 0 Å². The smallest absolute Gasteiger partial charge is 0.111 e. The van der Waals surface area contributed by atoms with Gasteiger partial charge in [-0.25, -0.2) is 4.68 Å². The van der Waals surface area contributed by atoms with Gasteiger partial charge in [0.2, 0.25) is 0 Å². The fraction of sp³-hybridized carbons (Fsp3) is 0.471. The minimum Gasteiger partial charge on any atom is -0.383 e. The topological polar surface area (TPSA) is 47.3 Å². The molecule has 2 aromatic rings. The summed E-state index contributed by atoms with van der Waals surface area (Å²) in [6.07, 6.45) is 3.06. The van der Waals surface area contributed by atoms with Crippen LogP contribution in [-0.2, 0) is 10.3 Å².